The minimum atomic E-state index is -6.00. The molecule has 0 amide bonds. The van der Waals surface area contributed by atoms with Gasteiger partial charge in [-0.25, -0.2) is 9.13 Å². The van der Waals surface area contributed by atoms with Crippen molar-refractivity contribution in [1.29, 1.82) is 0 Å². The van der Waals surface area contributed by atoms with Crippen LogP contribution in [0, 0.1) is 0 Å². The van der Waals surface area contributed by atoms with E-state index in [9.17, 15) is 22.4 Å². The average Bonchev–Trinajstić information content (AvgIpc) is 2.47. The van der Waals surface area contributed by atoms with E-state index >= 15 is 0 Å². The van der Waals surface area contributed by atoms with E-state index in [4.69, 9.17) is 0 Å². The fraction of sp³-hybridized carbons (Fsp3) is 0.286. The van der Waals surface area contributed by atoms with E-state index in [2.05, 4.69) is 6.58 Å². The molecule has 0 radical (unpaired) electrons. The Balaban J connectivity index is 0.000000336. The van der Waals surface area contributed by atoms with Crippen molar-refractivity contribution in [1.82, 2.24) is 4.57 Å². The zero-order valence-corrected chi connectivity index (χ0v) is 8.02. The van der Waals surface area contributed by atoms with Gasteiger partial charge in [0, 0.05) is 0 Å². The lowest BCUT2D eigenvalue weighted by atomic mass is 10.3. The molecule has 86 valence electrons. The van der Waals surface area contributed by atoms with Crippen molar-refractivity contribution < 1.29 is 26.9 Å². The van der Waals surface area contributed by atoms with Crippen LogP contribution in [-0.4, -0.2) is 16.9 Å². The van der Waals surface area contributed by atoms with E-state index in [0.717, 1.165) is 0 Å². The van der Waals surface area contributed by atoms with Crippen molar-refractivity contribution in [2.75, 3.05) is 0 Å². The van der Waals surface area contributed by atoms with Crippen molar-refractivity contribution in [2.24, 2.45) is 7.05 Å². The van der Waals surface area contributed by atoms with E-state index in [1.54, 1.807) is 17.1 Å². The molecule has 1 N–H and O–H groups in total. The molecule has 0 saturated heterocycles. The number of hydrogen-bond acceptors (Lipinski definition) is 1. The maximum atomic E-state index is 9.75. The molecule has 1 rings (SSSR count). The van der Waals surface area contributed by atoms with E-state index in [1.807, 2.05) is 17.8 Å². The smallest absolute Gasteiger partial charge is 0.418 e. The summed E-state index contributed by atoms with van der Waals surface area (Å²) in [6.45, 7) is 3.47. The van der Waals surface area contributed by atoms with Crippen LogP contribution in [0.1, 0.15) is 6.23 Å². The summed E-state index contributed by atoms with van der Waals surface area (Å²) >= 11 is 0. The Hall–Kier alpha value is -1.31. The van der Waals surface area contributed by atoms with Crippen molar-refractivity contribution in [3.63, 3.8) is 0 Å². The predicted molar refractivity (Wildman–Crippen MR) is 47.2 cm³/mol. The highest BCUT2D eigenvalue weighted by Crippen LogP contribution is 2.06. The Morgan fingerprint density at radius 3 is 2.20 bits per heavy atom. The summed E-state index contributed by atoms with van der Waals surface area (Å²) in [5, 5.41) is 9.17. The van der Waals surface area contributed by atoms with Crippen molar-refractivity contribution in [3.05, 3.63) is 31.4 Å². The van der Waals surface area contributed by atoms with Crippen molar-refractivity contribution >= 4 is 7.25 Å². The number of aryl methyl sites for hydroxylation is 1. The van der Waals surface area contributed by atoms with Crippen LogP contribution in [-0.2, 0) is 7.05 Å². The number of rotatable bonds is 2. The highest BCUT2D eigenvalue weighted by Gasteiger charge is 2.20. The summed E-state index contributed by atoms with van der Waals surface area (Å²) in [5.41, 5.74) is 0. The molecule has 0 aliphatic heterocycles. The molecular formula is C7H11BF4N2O. The van der Waals surface area contributed by atoms with Crippen LogP contribution < -0.4 is 4.57 Å². The van der Waals surface area contributed by atoms with Gasteiger partial charge in [-0.15, -0.1) is 0 Å². The zero-order chi connectivity index (χ0) is 12.1. The van der Waals surface area contributed by atoms with Crippen LogP contribution in [0.4, 0.5) is 17.3 Å². The Labute approximate surface area is 84.4 Å². The number of imidazole rings is 1. The monoisotopic (exact) mass is 226 g/mol. The molecule has 1 unspecified atom stereocenters. The summed E-state index contributed by atoms with van der Waals surface area (Å²) in [6.07, 6.45) is 6.28. The first-order chi connectivity index (χ1) is 6.74. The van der Waals surface area contributed by atoms with Crippen LogP contribution in [0.5, 0.6) is 0 Å². The number of aliphatic hydroxyl groups excluding tert-OH is 1. The molecule has 1 aromatic rings. The SMILES string of the molecule is C=CC(O)n1cc[n+](C)c1.F[B-](F)(F)F. The van der Waals surface area contributed by atoms with Gasteiger partial charge in [0.1, 0.15) is 12.4 Å². The maximum Gasteiger partial charge on any atom is 0.673 e. The lowest BCUT2D eigenvalue weighted by Gasteiger charge is -1.96. The quantitative estimate of drug-likeness (QED) is 0.350. The van der Waals surface area contributed by atoms with Crippen LogP contribution in [0.25, 0.3) is 0 Å². The Kier molecular flexibility index (Phi) is 5.06. The van der Waals surface area contributed by atoms with Crippen molar-refractivity contribution in [2.45, 2.75) is 6.23 Å². The topological polar surface area (TPSA) is 29.0 Å². The van der Waals surface area contributed by atoms with E-state index in [-0.39, 0.29) is 0 Å². The third kappa shape index (κ3) is 7.74. The Morgan fingerprint density at radius 2 is 1.93 bits per heavy atom. The molecule has 3 nitrogen and oxygen atoms in total. The molecule has 0 bridgehead atoms. The lowest BCUT2D eigenvalue weighted by Crippen LogP contribution is -2.24. The number of hydrogen-bond donors (Lipinski definition) is 1. The van der Waals surface area contributed by atoms with Gasteiger partial charge in [-0.3, -0.25) is 0 Å². The maximum absolute atomic E-state index is 9.75. The van der Waals surface area contributed by atoms with E-state index < -0.39 is 13.5 Å². The van der Waals surface area contributed by atoms with Crippen LogP contribution in [0.2, 0.25) is 0 Å². The van der Waals surface area contributed by atoms with E-state index in [1.165, 1.54) is 6.08 Å². The molecule has 1 atom stereocenters. The fourth-order valence-electron chi connectivity index (χ4n) is 0.748. The highest BCUT2D eigenvalue weighted by atomic mass is 19.5. The van der Waals surface area contributed by atoms with Crippen molar-refractivity contribution in [3.8, 4) is 0 Å². The summed E-state index contributed by atoms with van der Waals surface area (Å²) < 4.78 is 42.5. The zero-order valence-electron chi connectivity index (χ0n) is 8.02. The minimum absolute atomic E-state index is 0.610. The third-order valence-electron chi connectivity index (χ3n) is 1.31. The first-order valence-electron chi connectivity index (χ1n) is 3.94. The van der Waals surface area contributed by atoms with Gasteiger partial charge in [0.25, 0.3) is 0 Å². The normalized spacial score (nSPS) is 12.7. The molecular weight excluding hydrogens is 215 g/mol. The van der Waals surface area contributed by atoms with Gasteiger partial charge in [-0.05, 0) is 6.08 Å². The molecule has 8 heteroatoms. The number of aromatic nitrogens is 2. The number of halogens is 4. The molecule has 0 spiro atoms. The van der Waals surface area contributed by atoms with E-state index in [0.29, 0.717) is 0 Å². The highest BCUT2D eigenvalue weighted by molar-refractivity contribution is 6.50. The van der Waals surface area contributed by atoms with Crippen LogP contribution >= 0.6 is 0 Å². The molecule has 0 aromatic carbocycles. The summed E-state index contributed by atoms with van der Waals surface area (Å²) in [4.78, 5) is 0. The molecule has 0 aliphatic carbocycles. The fourth-order valence-corrected chi connectivity index (χ4v) is 0.748. The van der Waals surface area contributed by atoms with Gasteiger partial charge in [0.15, 0.2) is 0 Å². The molecule has 0 saturated carbocycles. The second-order valence-electron chi connectivity index (χ2n) is 2.67. The largest absolute Gasteiger partial charge is 0.673 e. The third-order valence-corrected chi connectivity index (χ3v) is 1.31. The second-order valence-corrected chi connectivity index (χ2v) is 2.67. The molecule has 1 heterocycles. The molecule has 0 fully saturated rings. The standard InChI is InChI=1S/C7H11N2O.BF4/c1-3-7(10)9-5-4-8(2)6-9;2-1(3,4)5/h3-7,10H,1H2,2H3;/q+1;-1. The minimum Gasteiger partial charge on any atom is -0.418 e. The Morgan fingerprint density at radius 1 is 1.47 bits per heavy atom. The summed E-state index contributed by atoms with van der Waals surface area (Å²) in [5.74, 6) is 0. The predicted octanol–water partition coefficient (Wildman–Crippen LogP) is 1.29. The van der Waals surface area contributed by atoms with Crippen LogP contribution in [0.15, 0.2) is 31.4 Å². The molecule has 15 heavy (non-hydrogen) atoms. The summed E-state index contributed by atoms with van der Waals surface area (Å²) in [7, 11) is -4.10. The van der Waals surface area contributed by atoms with Gasteiger partial charge >= 0.3 is 7.25 Å². The average molecular weight is 226 g/mol. The first-order valence-corrected chi connectivity index (χ1v) is 3.94. The van der Waals surface area contributed by atoms with Gasteiger partial charge < -0.3 is 22.4 Å². The first kappa shape index (κ1) is 13.7. The number of aliphatic hydroxyl groups is 1. The lowest BCUT2D eigenvalue weighted by molar-refractivity contribution is -0.671. The molecule has 1 aromatic heterocycles. The number of nitrogens with zero attached hydrogens (tertiary/aromatic N) is 2. The van der Waals surface area contributed by atoms with Gasteiger partial charge in [0.05, 0.1) is 7.05 Å². The molecule has 0 aliphatic rings. The second kappa shape index (κ2) is 5.55. The Bertz CT molecular complexity index is 306. The van der Waals surface area contributed by atoms with Gasteiger partial charge in [-0.2, -0.15) is 0 Å². The summed E-state index contributed by atoms with van der Waals surface area (Å²) in [6, 6.07) is 0. The van der Waals surface area contributed by atoms with Gasteiger partial charge in [0.2, 0.25) is 12.6 Å². The van der Waals surface area contributed by atoms with Gasteiger partial charge in [-0.1, -0.05) is 6.58 Å². The van der Waals surface area contributed by atoms with Crippen LogP contribution in [0.3, 0.4) is 0 Å².